The maximum absolute atomic E-state index is 5.53. The minimum Gasteiger partial charge on any atom is -0.359 e. The molecule has 1 aromatic carbocycles. The molecule has 0 amide bonds. The van der Waals surface area contributed by atoms with E-state index >= 15 is 0 Å². The van der Waals surface area contributed by atoms with Crippen molar-refractivity contribution in [2.45, 2.75) is 19.4 Å². The molecule has 0 aliphatic carbocycles. The molecule has 0 aliphatic rings. The van der Waals surface area contributed by atoms with Crippen molar-refractivity contribution >= 4 is 0 Å². The van der Waals surface area contributed by atoms with E-state index in [9.17, 15) is 0 Å². The number of rotatable bonds is 3. The summed E-state index contributed by atoms with van der Waals surface area (Å²) in [5, 5.41) is 0. The van der Waals surface area contributed by atoms with Crippen molar-refractivity contribution in [1.29, 1.82) is 0 Å². The summed E-state index contributed by atoms with van der Waals surface area (Å²) in [6, 6.07) is 9.85. The Morgan fingerprint density at radius 2 is 2.00 bits per heavy atom. The summed E-state index contributed by atoms with van der Waals surface area (Å²) in [5.74, 6) is 2.67. The van der Waals surface area contributed by atoms with Crippen molar-refractivity contribution in [2.24, 2.45) is 0 Å². The van der Waals surface area contributed by atoms with Gasteiger partial charge in [0.15, 0.2) is 5.60 Å². The fourth-order valence-corrected chi connectivity index (χ4v) is 1.25. The van der Waals surface area contributed by atoms with Gasteiger partial charge in [-0.05, 0) is 19.4 Å². The Hall–Kier alpha value is -1.26. The number of terminal acetylenes is 1. The maximum Gasteiger partial charge on any atom is 0.151 e. The third-order valence-electron chi connectivity index (χ3n) is 2.03. The fourth-order valence-electron chi connectivity index (χ4n) is 1.25. The predicted molar refractivity (Wildman–Crippen MR) is 54.3 cm³/mol. The molecule has 0 unspecified atom stereocenters. The standard InChI is InChI=1S/C12H14O/c1-4-12(3,13-5-2)11-9-7-6-8-10-11/h1,6-10H,5H2,2-3H3/t12-/m1/s1. The molecule has 0 aromatic heterocycles. The Balaban J connectivity index is 2.98. The van der Waals surface area contributed by atoms with Crippen LogP contribution < -0.4 is 0 Å². The van der Waals surface area contributed by atoms with E-state index in [0.29, 0.717) is 6.61 Å². The molecule has 0 spiro atoms. The highest BCUT2D eigenvalue weighted by Crippen LogP contribution is 2.23. The zero-order valence-electron chi connectivity index (χ0n) is 8.08. The minimum absolute atomic E-state index is 0.587. The van der Waals surface area contributed by atoms with Crippen LogP contribution in [0.2, 0.25) is 0 Å². The molecule has 1 nitrogen and oxygen atoms in total. The number of hydrogen-bond donors (Lipinski definition) is 0. The van der Waals surface area contributed by atoms with Crippen LogP contribution in [0.15, 0.2) is 30.3 Å². The summed E-state index contributed by atoms with van der Waals surface area (Å²) >= 11 is 0. The summed E-state index contributed by atoms with van der Waals surface area (Å²) in [6.07, 6.45) is 5.45. The normalized spacial score (nSPS) is 14.5. The Bertz CT molecular complexity index is 297. The van der Waals surface area contributed by atoms with Crippen molar-refractivity contribution in [3.8, 4) is 12.3 Å². The Morgan fingerprint density at radius 1 is 1.38 bits per heavy atom. The van der Waals surface area contributed by atoms with Crippen LogP contribution in [-0.2, 0) is 10.3 Å². The maximum atomic E-state index is 5.53. The van der Waals surface area contributed by atoms with E-state index in [4.69, 9.17) is 11.2 Å². The molecule has 1 rings (SSSR count). The van der Waals surface area contributed by atoms with E-state index in [1.54, 1.807) is 0 Å². The number of ether oxygens (including phenoxy) is 1. The van der Waals surface area contributed by atoms with Crippen LogP contribution in [0.1, 0.15) is 19.4 Å². The topological polar surface area (TPSA) is 9.23 Å². The lowest BCUT2D eigenvalue weighted by Crippen LogP contribution is -2.23. The molecule has 0 heterocycles. The SMILES string of the molecule is C#C[C@@](C)(OCC)c1ccccc1. The quantitative estimate of drug-likeness (QED) is 0.640. The first-order valence-electron chi connectivity index (χ1n) is 4.40. The smallest absolute Gasteiger partial charge is 0.151 e. The lowest BCUT2D eigenvalue weighted by Gasteiger charge is -2.23. The molecule has 0 fully saturated rings. The second kappa shape index (κ2) is 4.11. The average molecular weight is 174 g/mol. The van der Waals surface area contributed by atoms with Gasteiger partial charge in [0.05, 0.1) is 0 Å². The number of benzene rings is 1. The monoisotopic (exact) mass is 174 g/mol. The molecule has 68 valence electrons. The van der Waals surface area contributed by atoms with Gasteiger partial charge in [-0.15, -0.1) is 6.42 Å². The Kier molecular flexibility index (Phi) is 3.11. The van der Waals surface area contributed by atoms with Gasteiger partial charge in [0, 0.05) is 6.61 Å². The van der Waals surface area contributed by atoms with Crippen LogP contribution in [0.3, 0.4) is 0 Å². The summed E-state index contributed by atoms with van der Waals surface area (Å²) in [5.41, 5.74) is 0.440. The lowest BCUT2D eigenvalue weighted by molar-refractivity contribution is 0.0185. The molecule has 0 aliphatic heterocycles. The highest BCUT2D eigenvalue weighted by atomic mass is 16.5. The molecule has 0 bridgehead atoms. The third-order valence-corrected chi connectivity index (χ3v) is 2.03. The largest absolute Gasteiger partial charge is 0.359 e. The highest BCUT2D eigenvalue weighted by molar-refractivity contribution is 5.29. The molecule has 0 saturated heterocycles. The van der Waals surface area contributed by atoms with Crippen molar-refractivity contribution in [3.05, 3.63) is 35.9 Å². The van der Waals surface area contributed by atoms with Crippen LogP contribution in [0.5, 0.6) is 0 Å². The van der Waals surface area contributed by atoms with Crippen LogP contribution in [0.25, 0.3) is 0 Å². The highest BCUT2D eigenvalue weighted by Gasteiger charge is 2.23. The van der Waals surface area contributed by atoms with E-state index in [0.717, 1.165) is 5.56 Å². The average Bonchev–Trinajstić information content (AvgIpc) is 2.19. The Morgan fingerprint density at radius 3 is 2.46 bits per heavy atom. The van der Waals surface area contributed by atoms with Gasteiger partial charge in [0.25, 0.3) is 0 Å². The summed E-state index contributed by atoms with van der Waals surface area (Å²) in [7, 11) is 0. The molecule has 0 radical (unpaired) electrons. The first-order chi connectivity index (χ1) is 6.23. The molecular formula is C12H14O. The van der Waals surface area contributed by atoms with Gasteiger partial charge in [0.2, 0.25) is 0 Å². The van der Waals surface area contributed by atoms with Gasteiger partial charge >= 0.3 is 0 Å². The summed E-state index contributed by atoms with van der Waals surface area (Å²) < 4.78 is 5.53. The first kappa shape index (κ1) is 9.83. The van der Waals surface area contributed by atoms with Gasteiger partial charge in [0.1, 0.15) is 0 Å². The third kappa shape index (κ3) is 2.11. The van der Waals surface area contributed by atoms with Crippen LogP contribution in [0, 0.1) is 12.3 Å². The van der Waals surface area contributed by atoms with Crippen LogP contribution in [0.4, 0.5) is 0 Å². The van der Waals surface area contributed by atoms with Crippen molar-refractivity contribution < 1.29 is 4.74 Å². The van der Waals surface area contributed by atoms with Crippen molar-refractivity contribution in [2.75, 3.05) is 6.61 Å². The molecule has 0 N–H and O–H groups in total. The van der Waals surface area contributed by atoms with Crippen molar-refractivity contribution in [3.63, 3.8) is 0 Å². The van der Waals surface area contributed by atoms with E-state index in [-0.39, 0.29) is 0 Å². The second-order valence-corrected chi connectivity index (χ2v) is 2.98. The van der Waals surface area contributed by atoms with Crippen molar-refractivity contribution in [1.82, 2.24) is 0 Å². The first-order valence-corrected chi connectivity index (χ1v) is 4.40. The van der Waals surface area contributed by atoms with Gasteiger partial charge in [-0.1, -0.05) is 36.3 Å². The predicted octanol–water partition coefficient (Wildman–Crippen LogP) is 2.57. The van der Waals surface area contributed by atoms with Gasteiger partial charge in [-0.2, -0.15) is 0 Å². The molecule has 1 heteroatoms. The molecule has 13 heavy (non-hydrogen) atoms. The summed E-state index contributed by atoms with van der Waals surface area (Å²) in [6.45, 7) is 4.47. The molecular weight excluding hydrogens is 160 g/mol. The lowest BCUT2D eigenvalue weighted by atomic mass is 9.97. The summed E-state index contributed by atoms with van der Waals surface area (Å²) in [4.78, 5) is 0. The van der Waals surface area contributed by atoms with E-state index in [1.165, 1.54) is 0 Å². The fraction of sp³-hybridized carbons (Fsp3) is 0.333. The van der Waals surface area contributed by atoms with Gasteiger partial charge in [-0.25, -0.2) is 0 Å². The number of hydrogen-bond acceptors (Lipinski definition) is 1. The molecule has 1 atom stereocenters. The zero-order chi connectivity index (χ0) is 9.73. The zero-order valence-corrected chi connectivity index (χ0v) is 8.08. The van der Waals surface area contributed by atoms with E-state index in [1.807, 2.05) is 44.2 Å². The molecule has 1 aromatic rings. The van der Waals surface area contributed by atoms with Gasteiger partial charge < -0.3 is 4.74 Å². The molecule has 0 saturated carbocycles. The van der Waals surface area contributed by atoms with Crippen LogP contribution >= 0.6 is 0 Å². The van der Waals surface area contributed by atoms with E-state index < -0.39 is 5.60 Å². The van der Waals surface area contributed by atoms with Crippen LogP contribution in [-0.4, -0.2) is 6.61 Å². The van der Waals surface area contributed by atoms with E-state index in [2.05, 4.69) is 5.92 Å². The Labute approximate surface area is 79.7 Å². The minimum atomic E-state index is -0.587. The van der Waals surface area contributed by atoms with Gasteiger partial charge in [-0.3, -0.25) is 0 Å². The second-order valence-electron chi connectivity index (χ2n) is 2.98.